The Morgan fingerprint density at radius 3 is 1.99 bits per heavy atom. The van der Waals surface area contributed by atoms with E-state index < -0.39 is 152 Å². The minimum atomic E-state index is -1.79. The molecule has 1 aliphatic heterocycles. The highest BCUT2D eigenvalue weighted by Crippen LogP contribution is 2.20. The Labute approximate surface area is 384 Å². The number of benzene rings is 1. The van der Waals surface area contributed by atoms with Crippen LogP contribution in [0.4, 0.5) is 0 Å². The Kier molecular flexibility index (Phi) is 20.6. The first-order valence-corrected chi connectivity index (χ1v) is 21.6. The molecule has 2 heterocycles. The number of hydrogen-bond acceptors (Lipinski definition) is 13. The number of aromatic amines is 1. The molecule has 1 aliphatic rings. The summed E-state index contributed by atoms with van der Waals surface area (Å²) in [5.41, 5.74) is 12.2. The number of nitrogens with two attached hydrogens (primary N) is 2. The summed E-state index contributed by atoms with van der Waals surface area (Å²) in [4.78, 5) is 146. The minimum Gasteiger partial charge on any atom is -0.481 e. The summed E-state index contributed by atoms with van der Waals surface area (Å²) in [5, 5.41) is 46.4. The lowest BCUT2D eigenvalue weighted by atomic mass is 9.97. The summed E-state index contributed by atoms with van der Waals surface area (Å²) >= 11 is 0. The highest BCUT2D eigenvalue weighted by Gasteiger charge is 2.37. The molecule has 2 aromatic rings. The van der Waals surface area contributed by atoms with Gasteiger partial charge in [0.2, 0.25) is 53.2 Å². The van der Waals surface area contributed by atoms with E-state index in [-0.39, 0.29) is 25.8 Å². The second kappa shape index (κ2) is 25.5. The summed E-state index contributed by atoms with van der Waals surface area (Å²) < 4.78 is 0. The van der Waals surface area contributed by atoms with Crippen molar-refractivity contribution in [3.63, 3.8) is 0 Å². The first-order chi connectivity index (χ1) is 31.6. The van der Waals surface area contributed by atoms with Gasteiger partial charge in [0.15, 0.2) is 0 Å². The molecular formula is C42H61N11O14. The number of aromatic nitrogens is 1. The molecule has 9 atom stereocenters. The van der Waals surface area contributed by atoms with E-state index in [0.29, 0.717) is 22.9 Å². The molecule has 1 aromatic heterocycles. The molecule has 368 valence electrons. The molecule has 0 radical (unpaired) electrons. The summed E-state index contributed by atoms with van der Waals surface area (Å²) in [7, 11) is 0. The Bertz CT molecular complexity index is 2160. The van der Waals surface area contributed by atoms with Gasteiger partial charge in [0.25, 0.3) is 0 Å². The maximum Gasteiger partial charge on any atom is 0.326 e. The van der Waals surface area contributed by atoms with Gasteiger partial charge in [-0.3, -0.25) is 47.9 Å². The average Bonchev–Trinajstić information content (AvgIpc) is 3.94. The van der Waals surface area contributed by atoms with Crippen LogP contribution in [0.5, 0.6) is 0 Å². The zero-order chi connectivity index (χ0) is 50.1. The van der Waals surface area contributed by atoms with Crippen LogP contribution in [0.3, 0.4) is 0 Å². The number of amides is 9. The van der Waals surface area contributed by atoms with Crippen molar-refractivity contribution in [3.05, 3.63) is 36.0 Å². The van der Waals surface area contributed by atoms with E-state index in [1.807, 2.05) is 0 Å². The number of carbonyl (C=O) groups is 11. The molecule has 1 saturated heterocycles. The van der Waals surface area contributed by atoms with E-state index in [1.54, 1.807) is 44.3 Å². The van der Waals surface area contributed by atoms with Gasteiger partial charge >= 0.3 is 11.9 Å². The van der Waals surface area contributed by atoms with Crippen LogP contribution in [-0.4, -0.2) is 158 Å². The molecule has 1 fully saturated rings. The van der Waals surface area contributed by atoms with Gasteiger partial charge in [0, 0.05) is 36.5 Å². The van der Waals surface area contributed by atoms with Crippen molar-refractivity contribution in [2.24, 2.45) is 17.4 Å². The van der Waals surface area contributed by atoms with Gasteiger partial charge in [-0.05, 0) is 50.7 Å². The minimum absolute atomic E-state index is 0.184. The number of nitrogens with zero attached hydrogens (tertiary/aromatic N) is 1. The third-order valence-electron chi connectivity index (χ3n) is 11.1. The zero-order valence-corrected chi connectivity index (χ0v) is 37.6. The molecule has 3 rings (SSSR count). The number of para-hydroxylation sites is 1. The van der Waals surface area contributed by atoms with Crippen LogP contribution in [0.25, 0.3) is 10.9 Å². The number of carboxylic acid groups (broad SMARTS) is 2. The summed E-state index contributed by atoms with van der Waals surface area (Å²) in [5.74, 6) is -11.6. The number of nitrogens with one attached hydrogen (secondary N) is 8. The normalized spacial score (nSPS) is 16.9. The lowest BCUT2D eigenvalue weighted by Gasteiger charge is -2.28. The number of hydrogen-bond donors (Lipinski definition) is 13. The molecule has 0 bridgehead atoms. The predicted molar refractivity (Wildman–Crippen MR) is 236 cm³/mol. The highest BCUT2D eigenvalue weighted by atomic mass is 16.4. The smallest absolute Gasteiger partial charge is 0.326 e. The fourth-order valence-corrected chi connectivity index (χ4v) is 7.05. The number of primary amides is 1. The number of carboxylic acids is 2. The van der Waals surface area contributed by atoms with Gasteiger partial charge in [-0.2, -0.15) is 0 Å². The fraction of sp³-hybridized carbons (Fsp3) is 0.548. The fourth-order valence-electron chi connectivity index (χ4n) is 7.05. The second-order valence-corrected chi connectivity index (χ2v) is 16.3. The molecule has 0 aliphatic carbocycles. The van der Waals surface area contributed by atoms with Crippen molar-refractivity contribution in [1.29, 1.82) is 0 Å². The molecule has 25 heteroatoms. The first kappa shape index (κ1) is 54.2. The maximum absolute atomic E-state index is 14.0. The molecule has 15 N–H and O–H groups in total. The molecule has 25 nitrogen and oxygen atoms in total. The van der Waals surface area contributed by atoms with Crippen molar-refractivity contribution in [2.75, 3.05) is 19.7 Å². The number of aliphatic hydroxyl groups excluding tert-OH is 1. The summed E-state index contributed by atoms with van der Waals surface area (Å²) in [6, 6.07) is -4.38. The van der Waals surface area contributed by atoms with Crippen molar-refractivity contribution in [2.45, 2.75) is 121 Å². The van der Waals surface area contributed by atoms with Crippen LogP contribution >= 0.6 is 0 Å². The van der Waals surface area contributed by atoms with E-state index in [2.05, 4.69) is 42.2 Å². The van der Waals surface area contributed by atoms with Crippen LogP contribution in [-0.2, 0) is 59.2 Å². The molecule has 9 amide bonds. The van der Waals surface area contributed by atoms with Gasteiger partial charge < -0.3 is 73.9 Å². The van der Waals surface area contributed by atoms with Gasteiger partial charge in [0.1, 0.15) is 42.3 Å². The van der Waals surface area contributed by atoms with Gasteiger partial charge in [-0.15, -0.1) is 0 Å². The van der Waals surface area contributed by atoms with Crippen molar-refractivity contribution in [1.82, 2.24) is 47.1 Å². The molecule has 0 spiro atoms. The second-order valence-electron chi connectivity index (χ2n) is 16.3. The molecular weight excluding hydrogens is 883 g/mol. The lowest BCUT2D eigenvalue weighted by molar-refractivity contribution is -0.148. The Morgan fingerprint density at radius 1 is 0.776 bits per heavy atom. The Morgan fingerprint density at radius 2 is 1.37 bits per heavy atom. The SMILES string of the molecule is CCC(C)C(NC(=O)C(CC(=O)O)NC(=O)C(C)N)C(=O)NC(CO)C(=O)NC(CCC(N)=O)C(=O)NC(Cc1c[nH]c2ccccc12)C(=O)NC(C)C(=O)NCC(=O)N1CCCC1C(=O)O. The molecule has 1 aromatic carbocycles. The van der Waals surface area contributed by atoms with Crippen LogP contribution < -0.4 is 48.7 Å². The number of aliphatic carboxylic acids is 2. The number of aliphatic hydroxyl groups is 1. The van der Waals surface area contributed by atoms with E-state index in [4.69, 9.17) is 11.5 Å². The number of fused-ring (bicyclic) bond motifs is 1. The van der Waals surface area contributed by atoms with Gasteiger partial charge in [-0.25, -0.2) is 4.79 Å². The summed E-state index contributed by atoms with van der Waals surface area (Å²) in [6.45, 7) is 4.43. The predicted octanol–water partition coefficient (Wildman–Crippen LogP) is -4.04. The number of carbonyl (C=O) groups excluding carboxylic acids is 9. The quantitative estimate of drug-likeness (QED) is 0.0427. The van der Waals surface area contributed by atoms with E-state index in [1.165, 1.54) is 13.8 Å². The van der Waals surface area contributed by atoms with Crippen LogP contribution in [0.1, 0.15) is 71.8 Å². The summed E-state index contributed by atoms with van der Waals surface area (Å²) in [6.07, 6.45) is 0.644. The topological polar surface area (TPSA) is 404 Å². The molecule has 67 heavy (non-hydrogen) atoms. The van der Waals surface area contributed by atoms with Crippen molar-refractivity contribution >= 4 is 76.0 Å². The Hall–Kier alpha value is -7.15. The third-order valence-corrected chi connectivity index (χ3v) is 11.1. The van der Waals surface area contributed by atoms with Crippen LogP contribution in [0.15, 0.2) is 30.5 Å². The average molecular weight is 944 g/mol. The Balaban J connectivity index is 1.82. The van der Waals surface area contributed by atoms with Gasteiger partial charge in [0.05, 0.1) is 25.6 Å². The molecule has 0 saturated carbocycles. The zero-order valence-electron chi connectivity index (χ0n) is 37.6. The van der Waals surface area contributed by atoms with E-state index >= 15 is 0 Å². The first-order valence-electron chi connectivity index (χ1n) is 21.6. The van der Waals surface area contributed by atoms with Crippen molar-refractivity contribution < 1.29 is 68.1 Å². The van der Waals surface area contributed by atoms with Crippen LogP contribution in [0, 0.1) is 5.92 Å². The standard InChI is InChI=1S/C42H61N11O14/c1-5-20(2)34(52-39(63)28(16-33(57)58)49-35(59)21(3)43)41(65)51-29(19-54)40(64)48-26(12-13-31(44)55)37(61)50-27(15-23-17-45-25-10-7-6-9-24(23)25)38(62)47-22(4)36(60)46-18-32(56)53-14-8-11-30(53)42(66)67/h6-7,9-10,17,20-22,26-30,34,45,54H,5,8,11-16,18-19,43H2,1-4H3,(H2,44,55)(H,46,60)(H,47,62)(H,48,64)(H,49,59)(H,50,61)(H,51,65)(H,52,63)(H,57,58)(H,66,67). The van der Waals surface area contributed by atoms with E-state index in [9.17, 15) is 68.1 Å². The maximum atomic E-state index is 14.0. The van der Waals surface area contributed by atoms with E-state index in [0.717, 1.165) is 4.90 Å². The lowest BCUT2D eigenvalue weighted by Crippen LogP contribution is -2.61. The monoisotopic (exact) mass is 943 g/mol. The van der Waals surface area contributed by atoms with Crippen molar-refractivity contribution in [3.8, 4) is 0 Å². The third kappa shape index (κ3) is 16.1. The number of likely N-dealkylation sites (tertiary alicyclic amines) is 1. The molecule has 9 unspecified atom stereocenters. The number of H-pyrrole nitrogens is 1. The van der Waals surface area contributed by atoms with Gasteiger partial charge in [-0.1, -0.05) is 38.5 Å². The number of rotatable bonds is 26. The largest absolute Gasteiger partial charge is 0.481 e. The highest BCUT2D eigenvalue weighted by molar-refractivity contribution is 5.99. The van der Waals surface area contributed by atoms with Crippen LogP contribution in [0.2, 0.25) is 0 Å².